The van der Waals surface area contributed by atoms with Crippen LogP contribution in [-0.2, 0) is 32.0 Å². The molecule has 6 rings (SSSR count). The van der Waals surface area contributed by atoms with Crippen LogP contribution in [0.5, 0.6) is 0 Å². The smallest absolute Gasteiger partial charge is 0.475 e. The summed E-state index contributed by atoms with van der Waals surface area (Å²) in [5.41, 5.74) is 4.53. The Balaban J connectivity index is 0.000000365. The zero-order valence-electron chi connectivity index (χ0n) is 29.7. The summed E-state index contributed by atoms with van der Waals surface area (Å²) in [5.74, 6) is -6.07. The second kappa shape index (κ2) is 20.3. The number of alkyl halides is 9. The number of pyridine rings is 2. The Morgan fingerprint density at radius 3 is 2.00 bits per heavy atom. The minimum Gasteiger partial charge on any atom is -0.475 e. The van der Waals surface area contributed by atoms with E-state index in [1.165, 1.54) is 0 Å². The number of anilines is 6. The summed E-state index contributed by atoms with van der Waals surface area (Å²) in [7, 11) is 0. The van der Waals surface area contributed by atoms with Crippen LogP contribution in [0.15, 0.2) is 67.3 Å². The van der Waals surface area contributed by atoms with Gasteiger partial charge in [-0.2, -0.15) is 44.5 Å². The first-order valence-corrected chi connectivity index (χ1v) is 16.8. The Hall–Kier alpha value is -6.46. The normalized spacial score (nSPS) is 14.5. The number of benzene rings is 1. The van der Waals surface area contributed by atoms with E-state index in [-0.39, 0.29) is 5.91 Å². The molecule has 2 aliphatic heterocycles. The SMILES string of the molecule is O=C(CC1CCN(c2ccccn2)C1)Nc1ccc2cc1CCc1cncc(c1)Nc1ncc(Cl)c(n1)N2.O=C(O)C(F)(F)F.O=C(O)C(F)(F)F.O=C(O)C(F)(F)F. The summed E-state index contributed by atoms with van der Waals surface area (Å²) in [6.45, 7) is 1.75. The zero-order valence-corrected chi connectivity index (χ0v) is 30.4. The van der Waals surface area contributed by atoms with Crippen molar-refractivity contribution in [1.29, 1.82) is 0 Å². The topological polar surface area (TPSA) is 220 Å². The maximum absolute atomic E-state index is 13.1. The molecule has 0 saturated carbocycles. The summed E-state index contributed by atoms with van der Waals surface area (Å²) in [6, 6.07) is 13.9. The number of nitrogens with zero attached hydrogens (tertiary/aromatic N) is 5. The van der Waals surface area contributed by atoms with Crippen LogP contribution in [0.2, 0.25) is 5.02 Å². The molecule has 1 unspecified atom stereocenters. The average Bonchev–Trinajstić information content (AvgIpc) is 3.61. The molecule has 0 spiro atoms. The number of carboxylic acids is 3. The lowest BCUT2D eigenvalue weighted by molar-refractivity contribution is -0.193. The number of carbonyl (C=O) groups is 4. The van der Waals surface area contributed by atoms with Crippen molar-refractivity contribution in [2.75, 3.05) is 33.9 Å². The van der Waals surface area contributed by atoms with Crippen molar-refractivity contribution in [1.82, 2.24) is 19.9 Å². The highest BCUT2D eigenvalue weighted by Gasteiger charge is 2.39. The van der Waals surface area contributed by atoms with Gasteiger partial charge in [0.25, 0.3) is 0 Å². The number of aliphatic carboxylic acids is 3. The lowest BCUT2D eigenvalue weighted by Gasteiger charge is -2.18. The van der Waals surface area contributed by atoms with E-state index in [0.29, 0.717) is 29.1 Å². The van der Waals surface area contributed by atoms with Crippen molar-refractivity contribution < 1.29 is 74.0 Å². The number of amides is 1. The van der Waals surface area contributed by atoms with Gasteiger partial charge in [0.2, 0.25) is 11.9 Å². The van der Waals surface area contributed by atoms with Gasteiger partial charge in [0, 0.05) is 43.3 Å². The van der Waals surface area contributed by atoms with Crippen molar-refractivity contribution in [3.63, 3.8) is 0 Å². The number of halogens is 10. The van der Waals surface area contributed by atoms with E-state index in [4.69, 9.17) is 41.3 Å². The number of carboxylic acid groups (broad SMARTS) is 3. The highest BCUT2D eigenvalue weighted by atomic mass is 35.5. The molecule has 25 heteroatoms. The fourth-order valence-electron chi connectivity index (χ4n) is 4.96. The molecule has 6 bridgehead atoms. The fraction of sp³-hybridized carbons (Fsp3) is 0.294. The highest BCUT2D eigenvalue weighted by molar-refractivity contribution is 6.32. The quantitative estimate of drug-likeness (QED) is 0.111. The van der Waals surface area contributed by atoms with Crippen LogP contribution < -0.4 is 20.9 Å². The number of rotatable bonds is 4. The number of aromatic nitrogens is 4. The van der Waals surface area contributed by atoms with Gasteiger partial charge in [-0.15, -0.1) is 0 Å². The minimum absolute atomic E-state index is 0.0223. The van der Waals surface area contributed by atoms with Crippen LogP contribution in [0.3, 0.4) is 0 Å². The monoisotopic (exact) mass is 868 g/mol. The van der Waals surface area contributed by atoms with E-state index < -0.39 is 36.4 Å². The largest absolute Gasteiger partial charge is 0.490 e. The highest BCUT2D eigenvalue weighted by Crippen LogP contribution is 2.30. The van der Waals surface area contributed by atoms with Gasteiger partial charge in [0.1, 0.15) is 10.8 Å². The fourth-order valence-corrected chi connectivity index (χ4v) is 5.10. The number of nitrogens with one attached hydrogen (secondary N) is 3. The second-order valence-corrected chi connectivity index (χ2v) is 12.5. The molecular weight excluding hydrogens is 839 g/mol. The molecule has 5 heterocycles. The molecule has 318 valence electrons. The summed E-state index contributed by atoms with van der Waals surface area (Å²) >= 11 is 6.37. The van der Waals surface area contributed by atoms with Gasteiger partial charge >= 0.3 is 36.4 Å². The maximum Gasteiger partial charge on any atom is 0.490 e. The molecule has 1 saturated heterocycles. The minimum atomic E-state index is -5.08. The van der Waals surface area contributed by atoms with E-state index in [0.717, 1.165) is 66.4 Å². The number of hydrogen-bond donors (Lipinski definition) is 6. The third-order valence-electron chi connectivity index (χ3n) is 7.58. The Morgan fingerprint density at radius 2 is 1.42 bits per heavy atom. The molecule has 3 aromatic heterocycles. The van der Waals surface area contributed by atoms with Crippen LogP contribution in [0, 0.1) is 5.92 Å². The maximum atomic E-state index is 13.1. The molecule has 1 amide bonds. The first-order valence-electron chi connectivity index (χ1n) is 16.4. The lowest BCUT2D eigenvalue weighted by Crippen LogP contribution is -2.23. The van der Waals surface area contributed by atoms with Crippen molar-refractivity contribution >= 4 is 70.1 Å². The molecule has 59 heavy (non-hydrogen) atoms. The number of carbonyl (C=O) groups excluding carboxylic acids is 1. The molecule has 2 aliphatic rings. The van der Waals surface area contributed by atoms with Gasteiger partial charge in [-0.05, 0) is 72.7 Å². The van der Waals surface area contributed by atoms with Gasteiger partial charge in [-0.1, -0.05) is 17.7 Å². The molecule has 0 radical (unpaired) electrons. The van der Waals surface area contributed by atoms with Gasteiger partial charge in [-0.3, -0.25) is 9.78 Å². The van der Waals surface area contributed by atoms with E-state index in [1.54, 1.807) is 18.6 Å². The van der Waals surface area contributed by atoms with Crippen LogP contribution >= 0.6 is 11.6 Å². The lowest BCUT2D eigenvalue weighted by atomic mass is 10.0. The average molecular weight is 869 g/mol. The summed E-state index contributed by atoms with van der Waals surface area (Å²) in [5, 5.41) is 31.4. The van der Waals surface area contributed by atoms with E-state index in [2.05, 4.69) is 40.8 Å². The molecule has 1 atom stereocenters. The van der Waals surface area contributed by atoms with Crippen LogP contribution in [0.25, 0.3) is 0 Å². The second-order valence-electron chi connectivity index (χ2n) is 12.0. The van der Waals surface area contributed by atoms with Crippen LogP contribution in [0.4, 0.5) is 74.2 Å². The van der Waals surface area contributed by atoms with Gasteiger partial charge in [0.05, 0.1) is 18.1 Å². The van der Waals surface area contributed by atoms with Crippen molar-refractivity contribution in [3.05, 3.63) is 83.4 Å². The zero-order chi connectivity index (χ0) is 44.1. The number of aryl methyl sites for hydroxylation is 2. The molecule has 15 nitrogen and oxygen atoms in total. The molecule has 4 aromatic rings. The van der Waals surface area contributed by atoms with Crippen molar-refractivity contribution in [2.24, 2.45) is 5.92 Å². The third kappa shape index (κ3) is 15.8. The van der Waals surface area contributed by atoms with Crippen molar-refractivity contribution in [2.45, 2.75) is 44.2 Å². The predicted molar refractivity (Wildman–Crippen MR) is 191 cm³/mol. The molecule has 1 aromatic carbocycles. The molecular formula is C34H30ClF9N8O7. The number of fused-ring (bicyclic) bond motifs is 6. The third-order valence-corrected chi connectivity index (χ3v) is 7.86. The van der Waals surface area contributed by atoms with Crippen molar-refractivity contribution in [3.8, 4) is 0 Å². The van der Waals surface area contributed by atoms with Gasteiger partial charge in [-0.25, -0.2) is 24.4 Å². The standard InChI is InChI=1S/C28H27ClN8O.3C2HF3O2/c29-23-16-32-28-34-22-11-18(14-30-15-22)4-5-20-13-21(33-27(23)36-28)6-7-24(20)35-26(38)12-19-8-10-37(17-19)25-3-1-2-9-31-25;3*3-2(4,5)1(6)7/h1-3,6-7,9,11,13-16,19H,4-5,8,10,12,17H2,(H,35,38)(H2,32,33,34,36);3*(H,6,7). The van der Waals surface area contributed by atoms with Gasteiger partial charge in [0.15, 0.2) is 5.82 Å². The van der Waals surface area contributed by atoms with E-state index in [1.807, 2.05) is 48.7 Å². The molecule has 0 aliphatic carbocycles. The first-order chi connectivity index (χ1) is 27.4. The van der Waals surface area contributed by atoms with Crippen LogP contribution in [-0.4, -0.2) is 90.7 Å². The Kier molecular flexibility index (Phi) is 16.1. The Bertz CT molecular complexity index is 2040. The Labute approximate surface area is 331 Å². The number of hydrogen-bond acceptors (Lipinski definition) is 11. The summed E-state index contributed by atoms with van der Waals surface area (Å²) < 4.78 is 95.2. The molecule has 1 fully saturated rings. The first kappa shape index (κ1) is 46.9. The van der Waals surface area contributed by atoms with Gasteiger partial charge < -0.3 is 36.2 Å². The predicted octanol–water partition coefficient (Wildman–Crippen LogP) is 7.26. The van der Waals surface area contributed by atoms with Crippen LogP contribution in [0.1, 0.15) is 24.0 Å². The van der Waals surface area contributed by atoms with E-state index in [9.17, 15) is 44.3 Å². The summed E-state index contributed by atoms with van der Waals surface area (Å²) in [6.07, 6.45) is -5.37. The van der Waals surface area contributed by atoms with E-state index >= 15 is 0 Å². The molecule has 6 N–H and O–H groups in total. The Morgan fingerprint density at radius 1 is 0.797 bits per heavy atom. The summed E-state index contributed by atoms with van der Waals surface area (Å²) in [4.78, 5) is 59.6.